The van der Waals surface area contributed by atoms with Gasteiger partial charge in [-0.3, -0.25) is 0 Å². The molecule has 24 heavy (non-hydrogen) atoms. The maximum atomic E-state index is 12.5. The van der Waals surface area contributed by atoms with Crippen LogP contribution in [-0.4, -0.2) is 11.1 Å². The number of carbonyl (C=O) groups excluding carboxylic acids is 1. The zero-order valence-corrected chi connectivity index (χ0v) is 15.1. The number of phenolic OH excluding ortho intramolecular Hbond substituents is 1. The molecule has 0 fully saturated rings. The van der Waals surface area contributed by atoms with Crippen LogP contribution in [0.15, 0.2) is 45.3 Å². The van der Waals surface area contributed by atoms with Crippen molar-refractivity contribution in [2.45, 2.75) is 12.7 Å². The molecular formula is C15H11Br2F3N2O2. The van der Waals surface area contributed by atoms with Gasteiger partial charge < -0.3 is 15.7 Å². The molecule has 0 spiro atoms. The largest absolute Gasteiger partial charge is 0.506 e. The van der Waals surface area contributed by atoms with Crippen LogP contribution in [0.25, 0.3) is 0 Å². The zero-order chi connectivity index (χ0) is 17.9. The summed E-state index contributed by atoms with van der Waals surface area (Å²) < 4.78 is 38.2. The first-order valence-corrected chi connectivity index (χ1v) is 8.14. The Morgan fingerprint density at radius 3 is 2.12 bits per heavy atom. The van der Waals surface area contributed by atoms with Gasteiger partial charge in [0.15, 0.2) is 0 Å². The van der Waals surface area contributed by atoms with Gasteiger partial charge in [0.25, 0.3) is 0 Å². The van der Waals surface area contributed by atoms with E-state index in [0.29, 0.717) is 20.2 Å². The van der Waals surface area contributed by atoms with E-state index in [1.54, 1.807) is 0 Å². The van der Waals surface area contributed by atoms with E-state index in [-0.39, 0.29) is 12.3 Å². The highest BCUT2D eigenvalue weighted by atomic mass is 79.9. The molecule has 128 valence electrons. The predicted octanol–water partition coefficient (Wildman–Crippen LogP) is 5.26. The fourth-order valence-corrected chi connectivity index (χ4v) is 2.99. The summed E-state index contributed by atoms with van der Waals surface area (Å²) in [4.78, 5) is 11.8. The summed E-state index contributed by atoms with van der Waals surface area (Å²) in [5, 5.41) is 14.7. The Kier molecular flexibility index (Phi) is 5.76. The summed E-state index contributed by atoms with van der Waals surface area (Å²) in [5.41, 5.74) is 0.220. The number of hydrogen-bond donors (Lipinski definition) is 3. The van der Waals surface area contributed by atoms with E-state index >= 15 is 0 Å². The number of benzene rings is 2. The van der Waals surface area contributed by atoms with E-state index in [1.165, 1.54) is 24.3 Å². The smallest absolute Gasteiger partial charge is 0.416 e. The third-order valence-electron chi connectivity index (χ3n) is 3.01. The number of phenols is 1. The summed E-state index contributed by atoms with van der Waals surface area (Å²) in [6, 6.07) is 7.02. The van der Waals surface area contributed by atoms with Crippen molar-refractivity contribution in [1.82, 2.24) is 5.32 Å². The third-order valence-corrected chi connectivity index (χ3v) is 4.22. The topological polar surface area (TPSA) is 61.4 Å². The number of alkyl halides is 3. The highest BCUT2D eigenvalue weighted by molar-refractivity contribution is 9.11. The van der Waals surface area contributed by atoms with Crippen LogP contribution in [0.4, 0.5) is 23.7 Å². The molecule has 0 radical (unpaired) electrons. The number of aromatic hydroxyl groups is 1. The van der Waals surface area contributed by atoms with Crippen LogP contribution in [0.1, 0.15) is 11.1 Å². The summed E-state index contributed by atoms with van der Waals surface area (Å²) >= 11 is 6.28. The first kappa shape index (κ1) is 18.6. The van der Waals surface area contributed by atoms with Gasteiger partial charge in [0.1, 0.15) is 5.75 Å². The standard InChI is InChI=1S/C15H11Br2F3N2O2/c16-11-5-10(6-12(17)13(11)23)22-14(24)21-7-8-1-3-9(4-2-8)15(18,19)20/h1-6,23H,7H2,(H2,21,22,24). The van der Waals surface area contributed by atoms with Gasteiger partial charge in [-0.15, -0.1) is 0 Å². The Balaban J connectivity index is 1.94. The second-order valence-corrected chi connectivity index (χ2v) is 6.50. The lowest BCUT2D eigenvalue weighted by atomic mass is 10.1. The van der Waals surface area contributed by atoms with Gasteiger partial charge in [0, 0.05) is 12.2 Å². The number of rotatable bonds is 3. The van der Waals surface area contributed by atoms with Crippen molar-refractivity contribution in [2.24, 2.45) is 0 Å². The summed E-state index contributed by atoms with van der Waals surface area (Å²) in [5.74, 6) is 0.00529. The second-order valence-electron chi connectivity index (χ2n) is 4.79. The average molecular weight is 468 g/mol. The van der Waals surface area contributed by atoms with Crippen LogP contribution in [0.5, 0.6) is 5.75 Å². The van der Waals surface area contributed by atoms with Crippen molar-refractivity contribution in [3.63, 3.8) is 0 Å². The van der Waals surface area contributed by atoms with Crippen molar-refractivity contribution in [3.8, 4) is 5.75 Å². The molecule has 2 amide bonds. The van der Waals surface area contributed by atoms with Gasteiger partial charge in [-0.25, -0.2) is 4.79 Å². The number of urea groups is 1. The van der Waals surface area contributed by atoms with Crippen LogP contribution in [0, 0.1) is 0 Å². The lowest BCUT2D eigenvalue weighted by Gasteiger charge is -2.11. The fourth-order valence-electron chi connectivity index (χ4n) is 1.81. The molecule has 0 saturated carbocycles. The molecule has 0 aliphatic carbocycles. The Morgan fingerprint density at radius 1 is 1.08 bits per heavy atom. The molecule has 0 unspecified atom stereocenters. The van der Waals surface area contributed by atoms with Crippen molar-refractivity contribution >= 4 is 43.6 Å². The minimum atomic E-state index is -4.39. The van der Waals surface area contributed by atoms with Crippen molar-refractivity contribution in [1.29, 1.82) is 0 Å². The van der Waals surface area contributed by atoms with Crippen molar-refractivity contribution in [3.05, 3.63) is 56.5 Å². The van der Waals surface area contributed by atoms with E-state index in [2.05, 4.69) is 42.5 Å². The van der Waals surface area contributed by atoms with Gasteiger partial charge in [-0.05, 0) is 61.7 Å². The maximum absolute atomic E-state index is 12.5. The number of anilines is 1. The molecule has 2 aromatic rings. The Hall–Kier alpha value is -1.74. The molecular weight excluding hydrogens is 457 g/mol. The van der Waals surface area contributed by atoms with Crippen LogP contribution in [0.2, 0.25) is 0 Å². The molecule has 9 heteroatoms. The SMILES string of the molecule is O=C(NCc1ccc(C(F)(F)F)cc1)Nc1cc(Br)c(O)c(Br)c1. The monoisotopic (exact) mass is 466 g/mol. The molecule has 0 aromatic heterocycles. The van der Waals surface area contributed by atoms with Crippen molar-refractivity contribution in [2.75, 3.05) is 5.32 Å². The van der Waals surface area contributed by atoms with E-state index in [9.17, 15) is 23.1 Å². The highest BCUT2D eigenvalue weighted by Gasteiger charge is 2.29. The fraction of sp³-hybridized carbons (Fsp3) is 0.133. The van der Waals surface area contributed by atoms with E-state index in [4.69, 9.17) is 0 Å². The minimum Gasteiger partial charge on any atom is -0.506 e. The molecule has 3 N–H and O–H groups in total. The zero-order valence-electron chi connectivity index (χ0n) is 11.9. The number of nitrogens with one attached hydrogen (secondary N) is 2. The van der Waals surface area contributed by atoms with E-state index in [1.807, 2.05) is 0 Å². The molecule has 2 rings (SSSR count). The van der Waals surface area contributed by atoms with Crippen LogP contribution in [0.3, 0.4) is 0 Å². The van der Waals surface area contributed by atoms with Gasteiger partial charge >= 0.3 is 12.2 Å². The van der Waals surface area contributed by atoms with Gasteiger partial charge in [0.2, 0.25) is 0 Å². The lowest BCUT2D eigenvalue weighted by Crippen LogP contribution is -2.28. The van der Waals surface area contributed by atoms with E-state index in [0.717, 1.165) is 12.1 Å². The number of amides is 2. The van der Waals surface area contributed by atoms with E-state index < -0.39 is 17.8 Å². The number of halogens is 5. The van der Waals surface area contributed by atoms with Crippen LogP contribution < -0.4 is 10.6 Å². The molecule has 2 aromatic carbocycles. The van der Waals surface area contributed by atoms with Gasteiger partial charge in [-0.2, -0.15) is 13.2 Å². The summed E-state index contributed by atoms with van der Waals surface area (Å²) in [6.07, 6.45) is -4.39. The molecule has 0 bridgehead atoms. The summed E-state index contributed by atoms with van der Waals surface area (Å²) in [7, 11) is 0. The molecule has 0 saturated heterocycles. The normalized spacial score (nSPS) is 11.2. The quantitative estimate of drug-likeness (QED) is 0.539. The molecule has 0 heterocycles. The highest BCUT2D eigenvalue weighted by Crippen LogP contribution is 2.35. The predicted molar refractivity (Wildman–Crippen MR) is 90.8 cm³/mol. The molecule has 0 aliphatic rings. The molecule has 0 aliphatic heterocycles. The van der Waals surface area contributed by atoms with Gasteiger partial charge in [0.05, 0.1) is 14.5 Å². The Bertz CT molecular complexity index is 726. The second kappa shape index (κ2) is 7.43. The maximum Gasteiger partial charge on any atom is 0.416 e. The molecule has 4 nitrogen and oxygen atoms in total. The first-order valence-electron chi connectivity index (χ1n) is 6.56. The molecule has 0 atom stereocenters. The Labute approximate surface area is 152 Å². The first-order chi connectivity index (χ1) is 11.2. The average Bonchev–Trinajstić information content (AvgIpc) is 2.50. The Morgan fingerprint density at radius 2 is 1.62 bits per heavy atom. The van der Waals surface area contributed by atoms with Gasteiger partial charge in [-0.1, -0.05) is 12.1 Å². The number of hydrogen-bond acceptors (Lipinski definition) is 2. The minimum absolute atomic E-state index is 0.00529. The van der Waals surface area contributed by atoms with Crippen LogP contribution in [-0.2, 0) is 12.7 Å². The van der Waals surface area contributed by atoms with Crippen LogP contribution >= 0.6 is 31.9 Å². The number of carbonyl (C=O) groups is 1. The van der Waals surface area contributed by atoms with Crippen molar-refractivity contribution < 1.29 is 23.1 Å². The summed E-state index contributed by atoms with van der Waals surface area (Å²) in [6.45, 7) is 0.0738. The third kappa shape index (κ3) is 4.88. The lowest BCUT2D eigenvalue weighted by molar-refractivity contribution is -0.137.